The maximum absolute atomic E-state index is 11.2. The Kier molecular flexibility index (Phi) is 4.69. The molecule has 0 saturated heterocycles. The molecule has 0 bridgehead atoms. The minimum atomic E-state index is -0.945. The van der Waals surface area contributed by atoms with Gasteiger partial charge in [-0.3, -0.25) is 4.40 Å². The lowest BCUT2D eigenvalue weighted by Crippen LogP contribution is -1.99. The molecule has 2 heterocycles. The van der Waals surface area contributed by atoms with E-state index in [1.54, 1.807) is 24.3 Å². The topological polar surface area (TPSA) is 66.6 Å². The molecule has 0 aliphatic heterocycles. The third kappa shape index (κ3) is 3.65. The van der Waals surface area contributed by atoms with Gasteiger partial charge in [-0.1, -0.05) is 60.7 Å². The van der Waals surface area contributed by atoms with E-state index >= 15 is 0 Å². The quantitative estimate of drug-likeness (QED) is 0.370. The Balaban J connectivity index is 1.63. The van der Waals surface area contributed by atoms with Gasteiger partial charge in [-0.25, -0.2) is 9.78 Å². The number of carbonyl (C=O) groups is 1. The molecule has 5 rings (SSSR count). The van der Waals surface area contributed by atoms with Crippen molar-refractivity contribution >= 4 is 23.1 Å². The van der Waals surface area contributed by atoms with Crippen LogP contribution in [0.1, 0.15) is 10.4 Å². The number of aromatic carboxylic acids is 1. The normalized spacial score (nSPS) is 10.8. The third-order valence-electron chi connectivity index (χ3n) is 5.18. The summed E-state index contributed by atoms with van der Waals surface area (Å²) >= 11 is 0. The van der Waals surface area contributed by atoms with Crippen LogP contribution in [0.2, 0.25) is 0 Å². The number of carboxylic acid groups (broad SMARTS) is 1. The second-order valence-corrected chi connectivity index (χ2v) is 7.19. The molecule has 0 unspecified atom stereocenters. The van der Waals surface area contributed by atoms with Crippen LogP contribution in [0.3, 0.4) is 0 Å². The van der Waals surface area contributed by atoms with Crippen LogP contribution < -0.4 is 5.32 Å². The summed E-state index contributed by atoms with van der Waals surface area (Å²) in [5.74, 6) is -0.122. The van der Waals surface area contributed by atoms with E-state index in [1.807, 2.05) is 59.1 Å². The van der Waals surface area contributed by atoms with Crippen molar-refractivity contribution in [3.8, 4) is 22.4 Å². The van der Waals surface area contributed by atoms with Crippen LogP contribution in [0.5, 0.6) is 0 Å². The van der Waals surface area contributed by atoms with Crippen LogP contribution in [0.4, 0.5) is 11.5 Å². The van der Waals surface area contributed by atoms with Gasteiger partial charge in [0, 0.05) is 17.4 Å². The predicted molar refractivity (Wildman–Crippen MR) is 123 cm³/mol. The summed E-state index contributed by atoms with van der Waals surface area (Å²) in [5, 5.41) is 12.6. The first-order valence-corrected chi connectivity index (χ1v) is 9.92. The molecule has 0 aliphatic rings. The van der Waals surface area contributed by atoms with E-state index in [0.717, 1.165) is 39.5 Å². The highest BCUT2D eigenvalue weighted by Gasteiger charge is 2.15. The molecule has 0 aliphatic carbocycles. The van der Waals surface area contributed by atoms with Crippen molar-refractivity contribution in [2.24, 2.45) is 0 Å². The summed E-state index contributed by atoms with van der Waals surface area (Å²) in [6.07, 6.45) is 2.01. The summed E-state index contributed by atoms with van der Waals surface area (Å²) in [7, 11) is 0. The molecule has 0 saturated carbocycles. The Morgan fingerprint density at radius 3 is 2.06 bits per heavy atom. The fourth-order valence-electron chi connectivity index (χ4n) is 3.60. The lowest BCUT2D eigenvalue weighted by atomic mass is 10.1. The predicted octanol–water partition coefficient (Wildman–Crippen LogP) is 6.11. The van der Waals surface area contributed by atoms with E-state index in [-0.39, 0.29) is 5.56 Å². The number of aromatic nitrogens is 2. The summed E-state index contributed by atoms with van der Waals surface area (Å²) in [5.41, 5.74) is 5.91. The average Bonchev–Trinajstić information content (AvgIpc) is 3.18. The van der Waals surface area contributed by atoms with E-state index in [4.69, 9.17) is 10.1 Å². The number of nitrogens with one attached hydrogen (secondary N) is 1. The van der Waals surface area contributed by atoms with Crippen molar-refractivity contribution < 1.29 is 9.90 Å². The van der Waals surface area contributed by atoms with Crippen LogP contribution in [0, 0.1) is 0 Å². The van der Waals surface area contributed by atoms with Gasteiger partial charge in [-0.15, -0.1) is 0 Å². The van der Waals surface area contributed by atoms with Gasteiger partial charge in [0.25, 0.3) is 0 Å². The molecule has 2 N–H and O–H groups in total. The first kappa shape index (κ1) is 18.6. The average molecular weight is 405 g/mol. The smallest absolute Gasteiger partial charge is 0.335 e. The molecule has 0 atom stereocenters. The Bertz CT molecular complexity index is 1360. The second-order valence-electron chi connectivity index (χ2n) is 7.19. The molecule has 0 radical (unpaired) electrons. The first-order chi connectivity index (χ1) is 15.2. The van der Waals surface area contributed by atoms with Gasteiger partial charge >= 0.3 is 5.97 Å². The molecule has 5 nitrogen and oxygen atoms in total. The van der Waals surface area contributed by atoms with Crippen LogP contribution in [-0.4, -0.2) is 20.5 Å². The number of pyridine rings is 1. The summed E-state index contributed by atoms with van der Waals surface area (Å²) in [4.78, 5) is 16.1. The van der Waals surface area contributed by atoms with Gasteiger partial charge < -0.3 is 10.4 Å². The van der Waals surface area contributed by atoms with Crippen LogP contribution in [-0.2, 0) is 0 Å². The Labute approximate surface area is 179 Å². The molecule has 5 aromatic rings. The van der Waals surface area contributed by atoms with Gasteiger partial charge in [-0.05, 0) is 47.5 Å². The zero-order valence-electron chi connectivity index (χ0n) is 16.6. The lowest BCUT2D eigenvalue weighted by molar-refractivity contribution is 0.0697. The number of anilines is 2. The highest BCUT2D eigenvalue weighted by Crippen LogP contribution is 2.32. The minimum Gasteiger partial charge on any atom is -0.478 e. The number of rotatable bonds is 5. The summed E-state index contributed by atoms with van der Waals surface area (Å²) in [6.45, 7) is 0. The minimum absolute atomic E-state index is 0.250. The van der Waals surface area contributed by atoms with E-state index in [2.05, 4.69) is 29.6 Å². The molecule has 3 aromatic carbocycles. The number of nitrogens with zero attached hydrogens (tertiary/aromatic N) is 2. The van der Waals surface area contributed by atoms with Crippen molar-refractivity contribution in [2.75, 3.05) is 5.32 Å². The maximum Gasteiger partial charge on any atom is 0.335 e. The third-order valence-corrected chi connectivity index (χ3v) is 5.18. The largest absolute Gasteiger partial charge is 0.478 e. The number of hydrogen-bond donors (Lipinski definition) is 2. The van der Waals surface area contributed by atoms with Crippen LogP contribution in [0.15, 0.2) is 103 Å². The molecule has 150 valence electrons. The Morgan fingerprint density at radius 1 is 0.774 bits per heavy atom. The van der Waals surface area contributed by atoms with Crippen LogP contribution >= 0.6 is 0 Å². The van der Waals surface area contributed by atoms with Crippen molar-refractivity contribution in [3.63, 3.8) is 0 Å². The van der Waals surface area contributed by atoms with Crippen molar-refractivity contribution in [3.05, 3.63) is 109 Å². The van der Waals surface area contributed by atoms with E-state index < -0.39 is 5.97 Å². The van der Waals surface area contributed by atoms with Gasteiger partial charge in [0.15, 0.2) is 0 Å². The standard InChI is InChI=1S/C26H19N3O2/c30-26(31)20-11-13-22(14-12-20)27-25-24(19-9-5-2-6-10-19)28-23-17-21(15-16-29(23)25)18-7-3-1-4-8-18/h1-17,27H,(H,30,31). The zero-order valence-corrected chi connectivity index (χ0v) is 16.6. The molecule has 5 heteroatoms. The van der Waals surface area contributed by atoms with Crippen molar-refractivity contribution in [2.45, 2.75) is 0 Å². The maximum atomic E-state index is 11.2. The summed E-state index contributed by atoms with van der Waals surface area (Å²) < 4.78 is 2.01. The molecular formula is C26H19N3O2. The van der Waals surface area contributed by atoms with Crippen LogP contribution in [0.25, 0.3) is 28.0 Å². The molecule has 31 heavy (non-hydrogen) atoms. The fourth-order valence-corrected chi connectivity index (χ4v) is 3.60. The second kappa shape index (κ2) is 7.80. The van der Waals surface area contributed by atoms with Crippen molar-refractivity contribution in [1.82, 2.24) is 9.38 Å². The number of imidazole rings is 1. The Hall–Kier alpha value is -4.38. The monoisotopic (exact) mass is 405 g/mol. The molecule has 0 spiro atoms. The number of fused-ring (bicyclic) bond motifs is 1. The molecular weight excluding hydrogens is 386 g/mol. The lowest BCUT2D eigenvalue weighted by Gasteiger charge is -2.10. The summed E-state index contributed by atoms with van der Waals surface area (Å²) in [6, 6.07) is 31.0. The highest BCUT2D eigenvalue weighted by atomic mass is 16.4. The van der Waals surface area contributed by atoms with Gasteiger partial charge in [0.2, 0.25) is 0 Å². The fraction of sp³-hybridized carbons (Fsp3) is 0. The van der Waals surface area contributed by atoms with Gasteiger partial charge in [-0.2, -0.15) is 0 Å². The molecule has 2 aromatic heterocycles. The van der Waals surface area contributed by atoms with Gasteiger partial charge in [0.05, 0.1) is 5.56 Å². The van der Waals surface area contributed by atoms with Crippen molar-refractivity contribution in [1.29, 1.82) is 0 Å². The number of carboxylic acids is 1. The SMILES string of the molecule is O=C(O)c1ccc(Nc2c(-c3ccccc3)nc3cc(-c4ccccc4)ccn23)cc1. The van der Waals surface area contributed by atoms with E-state index in [0.29, 0.717) is 0 Å². The van der Waals surface area contributed by atoms with E-state index in [1.165, 1.54) is 0 Å². The Morgan fingerprint density at radius 2 is 1.42 bits per heavy atom. The van der Waals surface area contributed by atoms with E-state index in [9.17, 15) is 4.79 Å². The number of benzene rings is 3. The van der Waals surface area contributed by atoms with Gasteiger partial charge in [0.1, 0.15) is 17.2 Å². The molecule has 0 amide bonds. The number of hydrogen-bond acceptors (Lipinski definition) is 3. The first-order valence-electron chi connectivity index (χ1n) is 9.92. The highest BCUT2D eigenvalue weighted by molar-refractivity contribution is 5.88. The molecule has 0 fully saturated rings. The zero-order chi connectivity index (χ0) is 21.2.